The predicted octanol–water partition coefficient (Wildman–Crippen LogP) is 5.73. The topological polar surface area (TPSA) is 71.6 Å². The van der Waals surface area contributed by atoms with Crippen molar-refractivity contribution in [3.8, 4) is 17.3 Å². The van der Waals surface area contributed by atoms with Crippen LogP contribution in [0.15, 0.2) is 71.3 Å². The van der Waals surface area contributed by atoms with Gasteiger partial charge in [0.2, 0.25) is 0 Å². The van der Waals surface area contributed by atoms with Gasteiger partial charge in [0.15, 0.2) is 5.15 Å². The summed E-state index contributed by atoms with van der Waals surface area (Å²) in [6.45, 7) is 1.43. The molecule has 0 unspecified atom stereocenters. The number of nitrogens with zero attached hydrogens (tertiary/aromatic N) is 4. The van der Waals surface area contributed by atoms with Crippen LogP contribution in [0.2, 0.25) is 5.15 Å². The molecule has 2 aromatic carbocycles. The van der Waals surface area contributed by atoms with E-state index in [1.54, 1.807) is 41.1 Å². The molecule has 7 heteroatoms. The number of fused-ring (bicyclic) bond motifs is 1. The molecule has 0 spiro atoms. The number of nitriles is 1. The van der Waals surface area contributed by atoms with Crippen molar-refractivity contribution in [2.45, 2.75) is 6.92 Å². The lowest BCUT2D eigenvalue weighted by atomic mass is 10.1. The first-order valence-electron chi connectivity index (χ1n) is 8.26. The van der Waals surface area contributed by atoms with Crippen LogP contribution >= 0.6 is 27.5 Å². The van der Waals surface area contributed by atoms with Crippen LogP contribution in [0.4, 0.5) is 0 Å². The van der Waals surface area contributed by atoms with E-state index in [0.717, 1.165) is 20.9 Å². The second-order valence-corrected chi connectivity index (χ2v) is 7.01. The largest absolute Gasteiger partial charge is 0.282 e. The zero-order chi connectivity index (χ0) is 20.1. The minimum absolute atomic E-state index is 0.106. The van der Waals surface area contributed by atoms with Crippen molar-refractivity contribution < 1.29 is 4.79 Å². The smallest absolute Gasteiger partial charge is 0.262 e. The molecule has 5 nitrogen and oxygen atoms in total. The number of rotatable bonds is 2. The van der Waals surface area contributed by atoms with E-state index in [4.69, 9.17) is 16.9 Å². The standard InChI is InChI=1S/C19H11BrClN3O.C2H3N/c20-13-5-3-4-12(10-13)19(25)24-11-15(14-6-1-2-7-17(14)24)16-8-9-18(21)23-22-16;1-2-3/h1-11H;1H3. The minimum Gasteiger partial charge on any atom is -0.282 e. The second kappa shape index (κ2) is 8.79. The molecule has 0 aliphatic heterocycles. The molecule has 0 atom stereocenters. The van der Waals surface area contributed by atoms with Gasteiger partial charge in [-0.15, -0.1) is 10.2 Å². The van der Waals surface area contributed by atoms with Crippen molar-refractivity contribution >= 4 is 44.3 Å². The van der Waals surface area contributed by atoms with Gasteiger partial charge in [-0.3, -0.25) is 9.36 Å². The highest BCUT2D eigenvalue weighted by atomic mass is 79.9. The average Bonchev–Trinajstić information content (AvgIpc) is 3.08. The van der Waals surface area contributed by atoms with Crippen molar-refractivity contribution in [1.29, 1.82) is 5.26 Å². The van der Waals surface area contributed by atoms with E-state index < -0.39 is 0 Å². The van der Waals surface area contributed by atoms with E-state index in [1.807, 2.05) is 36.4 Å². The van der Waals surface area contributed by atoms with Crippen LogP contribution in [-0.4, -0.2) is 20.7 Å². The lowest BCUT2D eigenvalue weighted by Crippen LogP contribution is -2.10. The molecule has 0 bridgehead atoms. The number of carbonyl (C=O) groups is 1. The van der Waals surface area contributed by atoms with Gasteiger partial charge in [-0.05, 0) is 36.4 Å². The lowest BCUT2D eigenvalue weighted by molar-refractivity contribution is 0.0965. The van der Waals surface area contributed by atoms with Crippen LogP contribution < -0.4 is 0 Å². The molecular weight excluding hydrogens is 440 g/mol. The summed E-state index contributed by atoms with van der Waals surface area (Å²) in [5, 5.41) is 16.6. The number of aromatic nitrogens is 3. The SMILES string of the molecule is CC#N.O=C(c1cccc(Br)c1)n1cc(-c2ccc(Cl)nn2)c2ccccc21. The van der Waals surface area contributed by atoms with E-state index >= 15 is 0 Å². The van der Waals surface area contributed by atoms with Crippen molar-refractivity contribution in [3.63, 3.8) is 0 Å². The van der Waals surface area contributed by atoms with Gasteiger partial charge in [-0.1, -0.05) is 51.8 Å². The Morgan fingerprint density at radius 2 is 1.86 bits per heavy atom. The number of hydrogen-bond acceptors (Lipinski definition) is 4. The predicted molar refractivity (Wildman–Crippen MR) is 113 cm³/mol. The van der Waals surface area contributed by atoms with Crippen LogP contribution in [0, 0.1) is 11.3 Å². The molecule has 28 heavy (non-hydrogen) atoms. The van der Waals surface area contributed by atoms with Crippen LogP contribution in [0.3, 0.4) is 0 Å². The fourth-order valence-corrected chi connectivity index (χ4v) is 3.27. The lowest BCUT2D eigenvalue weighted by Gasteiger charge is -2.04. The van der Waals surface area contributed by atoms with Crippen LogP contribution in [0.25, 0.3) is 22.2 Å². The van der Waals surface area contributed by atoms with Gasteiger partial charge in [-0.25, -0.2) is 0 Å². The molecule has 0 saturated heterocycles. The monoisotopic (exact) mass is 452 g/mol. The van der Waals surface area contributed by atoms with Gasteiger partial charge in [0, 0.05) is 34.1 Å². The van der Waals surface area contributed by atoms with Gasteiger partial charge < -0.3 is 0 Å². The summed E-state index contributed by atoms with van der Waals surface area (Å²) in [6.07, 6.45) is 1.80. The molecule has 0 N–H and O–H groups in total. The fraction of sp³-hybridized carbons (Fsp3) is 0.0476. The molecule has 0 aliphatic rings. The van der Waals surface area contributed by atoms with Crippen LogP contribution in [0.1, 0.15) is 17.3 Å². The first kappa shape index (κ1) is 19.7. The van der Waals surface area contributed by atoms with Crippen molar-refractivity contribution in [1.82, 2.24) is 14.8 Å². The Bertz CT molecular complexity index is 1180. The summed E-state index contributed by atoms with van der Waals surface area (Å²) < 4.78 is 2.50. The number of para-hydroxylation sites is 1. The second-order valence-electron chi connectivity index (χ2n) is 5.71. The summed E-state index contributed by atoms with van der Waals surface area (Å²) >= 11 is 9.24. The normalized spacial score (nSPS) is 10.1. The molecule has 4 rings (SSSR count). The summed E-state index contributed by atoms with van der Waals surface area (Å²) in [5.41, 5.74) is 2.92. The maximum Gasteiger partial charge on any atom is 0.262 e. The van der Waals surface area contributed by atoms with Crippen molar-refractivity contribution in [3.05, 3.63) is 82.0 Å². The molecule has 0 aliphatic carbocycles. The Kier molecular flexibility index (Phi) is 6.19. The van der Waals surface area contributed by atoms with Crippen LogP contribution in [0.5, 0.6) is 0 Å². The first-order valence-corrected chi connectivity index (χ1v) is 9.43. The van der Waals surface area contributed by atoms with Gasteiger partial charge >= 0.3 is 0 Å². The number of halogens is 2. The zero-order valence-corrected chi connectivity index (χ0v) is 17.1. The van der Waals surface area contributed by atoms with E-state index in [9.17, 15) is 4.79 Å². The third kappa shape index (κ3) is 4.11. The quantitative estimate of drug-likeness (QED) is 0.388. The maximum atomic E-state index is 13.0. The van der Waals surface area contributed by atoms with Gasteiger partial charge in [0.25, 0.3) is 5.91 Å². The first-order chi connectivity index (χ1) is 13.5. The summed E-state index contributed by atoms with van der Waals surface area (Å²) in [7, 11) is 0. The number of hydrogen-bond donors (Lipinski definition) is 0. The van der Waals surface area contributed by atoms with E-state index in [2.05, 4.69) is 26.1 Å². The molecule has 0 radical (unpaired) electrons. The summed E-state index contributed by atoms with van der Waals surface area (Å²) in [6, 6.07) is 20.3. The Hall–Kier alpha value is -3.01. The van der Waals surface area contributed by atoms with Crippen molar-refractivity contribution in [2.75, 3.05) is 0 Å². The molecular formula is C21H14BrClN4O. The number of carbonyl (C=O) groups excluding carboxylic acids is 1. The van der Waals surface area contributed by atoms with E-state index in [1.165, 1.54) is 6.92 Å². The highest BCUT2D eigenvalue weighted by molar-refractivity contribution is 9.10. The molecule has 2 aromatic heterocycles. The Morgan fingerprint density at radius 1 is 1.11 bits per heavy atom. The maximum absolute atomic E-state index is 13.0. The molecule has 0 fully saturated rings. The molecule has 0 amide bonds. The third-order valence-electron chi connectivity index (χ3n) is 3.91. The molecule has 138 valence electrons. The number of benzene rings is 2. The van der Waals surface area contributed by atoms with E-state index in [0.29, 0.717) is 16.4 Å². The molecule has 2 heterocycles. The Labute approximate surface area is 175 Å². The average molecular weight is 454 g/mol. The van der Waals surface area contributed by atoms with Crippen LogP contribution in [-0.2, 0) is 0 Å². The molecule has 4 aromatic rings. The van der Waals surface area contributed by atoms with Gasteiger partial charge in [-0.2, -0.15) is 5.26 Å². The summed E-state index contributed by atoms with van der Waals surface area (Å²) in [5.74, 6) is -0.106. The van der Waals surface area contributed by atoms with E-state index in [-0.39, 0.29) is 5.91 Å². The zero-order valence-electron chi connectivity index (χ0n) is 14.8. The Morgan fingerprint density at radius 3 is 2.54 bits per heavy atom. The van der Waals surface area contributed by atoms with Gasteiger partial charge in [0.05, 0.1) is 17.3 Å². The van der Waals surface area contributed by atoms with Gasteiger partial charge in [0.1, 0.15) is 0 Å². The Balaban J connectivity index is 0.000000706. The highest BCUT2D eigenvalue weighted by Crippen LogP contribution is 2.30. The fourth-order valence-electron chi connectivity index (χ4n) is 2.77. The highest BCUT2D eigenvalue weighted by Gasteiger charge is 2.17. The minimum atomic E-state index is -0.106. The molecule has 0 saturated carbocycles. The third-order valence-corrected chi connectivity index (χ3v) is 4.61. The van der Waals surface area contributed by atoms with Crippen molar-refractivity contribution in [2.24, 2.45) is 0 Å². The summed E-state index contributed by atoms with van der Waals surface area (Å²) in [4.78, 5) is 13.0.